The van der Waals surface area contributed by atoms with E-state index < -0.39 is 29.7 Å². The number of aromatic nitrogens is 4. The van der Waals surface area contributed by atoms with E-state index >= 15 is 0 Å². The van der Waals surface area contributed by atoms with Crippen molar-refractivity contribution in [2.45, 2.75) is 45.3 Å². The Balaban J connectivity index is 1.58. The molecule has 0 radical (unpaired) electrons. The fourth-order valence-electron chi connectivity index (χ4n) is 3.60. The van der Waals surface area contributed by atoms with Gasteiger partial charge in [-0.15, -0.1) is 0 Å². The number of carbonyl (C=O) groups is 2. The van der Waals surface area contributed by atoms with Crippen LogP contribution in [0, 0.1) is 5.92 Å². The molecule has 1 amide bonds. The summed E-state index contributed by atoms with van der Waals surface area (Å²) in [6, 6.07) is 9.95. The average molecular weight is 475 g/mol. The Hall–Kier alpha value is -3.63. The van der Waals surface area contributed by atoms with Crippen molar-refractivity contribution in [3.05, 3.63) is 59.5 Å². The fourth-order valence-corrected chi connectivity index (χ4v) is 3.60. The normalized spacial score (nSPS) is 14.6. The van der Waals surface area contributed by atoms with Crippen molar-refractivity contribution in [3.8, 4) is 5.69 Å². The van der Waals surface area contributed by atoms with Crippen molar-refractivity contribution in [2.24, 2.45) is 5.92 Å². The van der Waals surface area contributed by atoms with E-state index in [1.54, 1.807) is 38.1 Å². The van der Waals surface area contributed by atoms with Crippen LogP contribution in [0.15, 0.2) is 42.6 Å². The van der Waals surface area contributed by atoms with Crippen LogP contribution in [0.2, 0.25) is 0 Å². The molecular formula is C23H24F3N5O3. The van der Waals surface area contributed by atoms with Crippen molar-refractivity contribution in [1.82, 2.24) is 19.6 Å². The zero-order chi connectivity index (χ0) is 24.5. The molecule has 1 saturated carbocycles. The topological polar surface area (TPSA) is 91.0 Å². The summed E-state index contributed by atoms with van der Waals surface area (Å²) in [7, 11) is 0. The summed E-state index contributed by atoms with van der Waals surface area (Å²) < 4.78 is 47.3. The molecule has 11 heteroatoms. The molecule has 1 aromatic carbocycles. The number of hydrogen-bond donors (Lipinski definition) is 1. The Morgan fingerprint density at radius 1 is 1.24 bits per heavy atom. The molecule has 1 fully saturated rings. The SMILES string of the molecule is CCOC(=O)c1cnn(-c2ccccc2)c1NC(=O)C(C)Cn1nc(C(F)(F)F)cc1C1CC1. The maximum absolute atomic E-state index is 13.2. The van der Waals surface area contributed by atoms with Crippen molar-refractivity contribution >= 4 is 17.7 Å². The van der Waals surface area contributed by atoms with E-state index in [1.165, 1.54) is 15.6 Å². The van der Waals surface area contributed by atoms with E-state index in [9.17, 15) is 22.8 Å². The minimum Gasteiger partial charge on any atom is -0.462 e. The standard InChI is InChI=1S/C23H24F3N5O3/c1-3-34-22(33)17-12-27-31(16-7-5-4-6-8-16)20(17)28-21(32)14(2)13-30-18(15-9-10-15)11-19(29-30)23(24,25)26/h4-8,11-12,14-15H,3,9-10,13H2,1-2H3,(H,28,32). The molecule has 180 valence electrons. The Morgan fingerprint density at radius 2 is 1.94 bits per heavy atom. The summed E-state index contributed by atoms with van der Waals surface area (Å²) in [5.41, 5.74) is 0.199. The van der Waals surface area contributed by atoms with Crippen molar-refractivity contribution < 1.29 is 27.5 Å². The highest BCUT2D eigenvalue weighted by molar-refractivity contribution is 6.01. The third-order valence-electron chi connectivity index (χ3n) is 5.50. The minimum absolute atomic E-state index is 0.0220. The van der Waals surface area contributed by atoms with Crippen LogP contribution in [0.25, 0.3) is 5.69 Å². The molecule has 1 aliphatic carbocycles. The number of anilines is 1. The van der Waals surface area contributed by atoms with Gasteiger partial charge in [-0.25, -0.2) is 9.48 Å². The van der Waals surface area contributed by atoms with Crippen molar-refractivity contribution in [3.63, 3.8) is 0 Å². The molecule has 34 heavy (non-hydrogen) atoms. The second kappa shape index (κ2) is 9.32. The predicted molar refractivity (Wildman–Crippen MR) is 117 cm³/mol. The number of alkyl halides is 3. The highest BCUT2D eigenvalue weighted by Gasteiger charge is 2.38. The number of hydrogen-bond acceptors (Lipinski definition) is 5. The number of ether oxygens (including phenoxy) is 1. The van der Waals surface area contributed by atoms with Gasteiger partial charge in [0.25, 0.3) is 0 Å². The highest BCUT2D eigenvalue weighted by atomic mass is 19.4. The molecule has 0 bridgehead atoms. The number of benzene rings is 1. The molecular weight excluding hydrogens is 451 g/mol. The van der Waals surface area contributed by atoms with Crippen LogP contribution in [0.3, 0.4) is 0 Å². The van der Waals surface area contributed by atoms with Gasteiger partial charge < -0.3 is 10.1 Å². The van der Waals surface area contributed by atoms with Crippen LogP contribution in [-0.4, -0.2) is 38.0 Å². The number of rotatable bonds is 8. The van der Waals surface area contributed by atoms with Crippen LogP contribution in [-0.2, 0) is 22.3 Å². The molecule has 0 spiro atoms. The first-order chi connectivity index (χ1) is 16.2. The maximum Gasteiger partial charge on any atom is 0.435 e. The maximum atomic E-state index is 13.2. The van der Waals surface area contributed by atoms with Crippen molar-refractivity contribution in [1.29, 1.82) is 0 Å². The summed E-state index contributed by atoms with van der Waals surface area (Å²) in [6.07, 6.45) is -1.66. The quantitative estimate of drug-likeness (QED) is 0.487. The Morgan fingerprint density at radius 3 is 2.56 bits per heavy atom. The second-order valence-corrected chi connectivity index (χ2v) is 8.17. The smallest absolute Gasteiger partial charge is 0.435 e. The molecule has 8 nitrogen and oxygen atoms in total. The second-order valence-electron chi connectivity index (χ2n) is 8.17. The first-order valence-corrected chi connectivity index (χ1v) is 11.0. The number of nitrogens with zero attached hydrogens (tertiary/aromatic N) is 4. The number of halogens is 3. The van der Waals surface area contributed by atoms with Crippen molar-refractivity contribution in [2.75, 3.05) is 11.9 Å². The van der Waals surface area contributed by atoms with Crippen LogP contribution in [0.1, 0.15) is 54.4 Å². The van der Waals surface area contributed by atoms with Gasteiger partial charge in [0.05, 0.1) is 31.0 Å². The van der Waals surface area contributed by atoms with E-state index in [1.807, 2.05) is 6.07 Å². The van der Waals surface area contributed by atoms with E-state index in [-0.39, 0.29) is 30.5 Å². The summed E-state index contributed by atoms with van der Waals surface area (Å²) in [6.45, 7) is 3.36. The average Bonchev–Trinajstić information content (AvgIpc) is 3.41. The largest absolute Gasteiger partial charge is 0.462 e. The highest BCUT2D eigenvalue weighted by Crippen LogP contribution is 2.42. The van der Waals surface area contributed by atoms with Gasteiger partial charge in [0, 0.05) is 11.6 Å². The third kappa shape index (κ3) is 4.97. The number of esters is 1. The lowest BCUT2D eigenvalue weighted by Gasteiger charge is -2.16. The number of amides is 1. The predicted octanol–water partition coefficient (Wildman–Crippen LogP) is 4.42. The van der Waals surface area contributed by atoms with Gasteiger partial charge >= 0.3 is 12.1 Å². The Bertz CT molecular complexity index is 1180. The van der Waals surface area contributed by atoms with E-state index in [0.29, 0.717) is 11.4 Å². The molecule has 0 saturated heterocycles. The summed E-state index contributed by atoms with van der Waals surface area (Å²) in [4.78, 5) is 25.5. The van der Waals surface area contributed by atoms with Gasteiger partial charge in [0.1, 0.15) is 5.56 Å². The molecule has 0 aliphatic heterocycles. The van der Waals surface area contributed by atoms with Crippen LogP contribution in [0.5, 0.6) is 0 Å². The first kappa shape index (κ1) is 23.5. The van der Waals surface area contributed by atoms with Gasteiger partial charge in [-0.1, -0.05) is 25.1 Å². The minimum atomic E-state index is -4.56. The molecule has 2 aromatic heterocycles. The third-order valence-corrected chi connectivity index (χ3v) is 5.50. The summed E-state index contributed by atoms with van der Waals surface area (Å²) >= 11 is 0. The van der Waals surface area contributed by atoms with E-state index in [4.69, 9.17) is 4.74 Å². The molecule has 1 aliphatic rings. The van der Waals surface area contributed by atoms with E-state index in [0.717, 1.165) is 18.9 Å². The molecule has 1 atom stereocenters. The molecule has 1 unspecified atom stereocenters. The Labute approximate surface area is 193 Å². The van der Waals surface area contributed by atoms with Gasteiger partial charge in [-0.3, -0.25) is 9.48 Å². The molecule has 1 N–H and O–H groups in total. The lowest BCUT2D eigenvalue weighted by atomic mass is 10.1. The zero-order valence-electron chi connectivity index (χ0n) is 18.7. The summed E-state index contributed by atoms with van der Waals surface area (Å²) in [5, 5.41) is 10.7. The summed E-state index contributed by atoms with van der Waals surface area (Å²) in [5.74, 6) is -1.73. The molecule has 2 heterocycles. The number of para-hydroxylation sites is 1. The lowest BCUT2D eigenvalue weighted by Crippen LogP contribution is -2.27. The van der Waals surface area contributed by atoms with E-state index in [2.05, 4.69) is 15.5 Å². The zero-order valence-corrected chi connectivity index (χ0v) is 18.7. The number of nitrogens with one attached hydrogen (secondary N) is 1. The van der Waals surface area contributed by atoms with Gasteiger partial charge in [0.15, 0.2) is 11.5 Å². The fraction of sp³-hybridized carbons (Fsp3) is 0.391. The van der Waals surface area contributed by atoms with Crippen LogP contribution >= 0.6 is 0 Å². The van der Waals surface area contributed by atoms with Gasteiger partial charge in [-0.2, -0.15) is 23.4 Å². The monoisotopic (exact) mass is 475 g/mol. The van der Waals surface area contributed by atoms with Crippen LogP contribution in [0.4, 0.5) is 19.0 Å². The van der Waals surface area contributed by atoms with Crippen LogP contribution < -0.4 is 5.32 Å². The van der Waals surface area contributed by atoms with Gasteiger partial charge in [0.2, 0.25) is 5.91 Å². The van der Waals surface area contributed by atoms with Gasteiger partial charge in [-0.05, 0) is 38.0 Å². The Kier molecular flexibility index (Phi) is 6.45. The molecule has 3 aromatic rings. The number of carbonyl (C=O) groups excluding carboxylic acids is 2. The lowest BCUT2D eigenvalue weighted by molar-refractivity contribution is -0.141. The molecule has 4 rings (SSSR count). The first-order valence-electron chi connectivity index (χ1n) is 11.0.